The quantitative estimate of drug-likeness (QED) is 0.785. The van der Waals surface area contributed by atoms with E-state index in [9.17, 15) is 10.1 Å². The van der Waals surface area contributed by atoms with Gasteiger partial charge in [-0.1, -0.05) is 19.3 Å². The Morgan fingerprint density at radius 3 is 2.33 bits per heavy atom. The Morgan fingerprint density at radius 2 is 1.78 bits per heavy atom. The minimum atomic E-state index is -0.776. The zero-order chi connectivity index (χ0) is 13.0. The Bertz CT molecular complexity index is 335. The third kappa shape index (κ3) is 2.82. The molecule has 2 rings (SSSR count). The van der Waals surface area contributed by atoms with Crippen LogP contribution in [0.1, 0.15) is 32.1 Å². The first-order valence-electron chi connectivity index (χ1n) is 6.82. The average Bonchev–Trinajstić information content (AvgIpc) is 2.42. The second kappa shape index (κ2) is 5.68. The minimum absolute atomic E-state index is 0.0887. The molecule has 0 aromatic carbocycles. The number of nitrogens with one attached hydrogen (secondary N) is 1. The molecule has 1 aliphatic heterocycles. The number of likely N-dealkylation sites (N-methyl/N-ethyl adjacent to an activating group) is 1. The van der Waals surface area contributed by atoms with Crippen LogP contribution in [0.25, 0.3) is 0 Å². The van der Waals surface area contributed by atoms with Crippen LogP contribution in [0.15, 0.2) is 0 Å². The van der Waals surface area contributed by atoms with E-state index in [1.54, 1.807) is 0 Å². The van der Waals surface area contributed by atoms with Gasteiger partial charge in [0.15, 0.2) is 0 Å². The van der Waals surface area contributed by atoms with Crippen molar-refractivity contribution in [2.45, 2.75) is 32.1 Å². The van der Waals surface area contributed by atoms with Gasteiger partial charge in [0, 0.05) is 26.2 Å². The summed E-state index contributed by atoms with van der Waals surface area (Å²) >= 11 is 0. The molecule has 5 nitrogen and oxygen atoms in total. The molecule has 0 atom stereocenters. The van der Waals surface area contributed by atoms with Gasteiger partial charge in [0.2, 0.25) is 0 Å². The normalized spacial score (nSPS) is 25.3. The van der Waals surface area contributed by atoms with Crippen LogP contribution >= 0.6 is 0 Å². The van der Waals surface area contributed by atoms with Crippen LogP contribution in [0.5, 0.6) is 0 Å². The summed E-state index contributed by atoms with van der Waals surface area (Å²) in [5.41, 5.74) is 2.17. The van der Waals surface area contributed by atoms with Crippen molar-refractivity contribution in [2.75, 3.05) is 33.2 Å². The number of hydrazine groups is 1. The van der Waals surface area contributed by atoms with Gasteiger partial charge in [-0.15, -0.1) is 0 Å². The van der Waals surface area contributed by atoms with Crippen molar-refractivity contribution < 1.29 is 4.79 Å². The molecule has 1 saturated heterocycles. The Hall–Kier alpha value is -1.12. The maximum Gasteiger partial charge on any atom is 0.254 e. The van der Waals surface area contributed by atoms with Crippen molar-refractivity contribution in [3.8, 4) is 6.07 Å². The molecule has 0 spiro atoms. The van der Waals surface area contributed by atoms with Gasteiger partial charge in [-0.05, 0) is 19.9 Å². The monoisotopic (exact) mass is 250 g/mol. The summed E-state index contributed by atoms with van der Waals surface area (Å²) in [6, 6.07) is 2.27. The number of amides is 1. The summed E-state index contributed by atoms with van der Waals surface area (Å²) in [7, 11) is 2.08. The molecule has 100 valence electrons. The van der Waals surface area contributed by atoms with Crippen molar-refractivity contribution in [3.63, 3.8) is 0 Å². The van der Waals surface area contributed by atoms with E-state index in [-0.39, 0.29) is 5.91 Å². The van der Waals surface area contributed by atoms with E-state index in [2.05, 4.69) is 23.4 Å². The standard InChI is InChI=1S/C13H22N4O/c1-16-7-9-17(10-8-16)15-12(18)13(11-14)5-3-2-4-6-13/h2-10H2,1H3,(H,15,18). The summed E-state index contributed by atoms with van der Waals surface area (Å²) in [6.07, 6.45) is 4.55. The lowest BCUT2D eigenvalue weighted by atomic mass is 9.74. The van der Waals surface area contributed by atoms with E-state index in [1.165, 1.54) is 0 Å². The fraction of sp³-hybridized carbons (Fsp3) is 0.846. The first kappa shape index (κ1) is 13.3. The largest absolute Gasteiger partial charge is 0.304 e. The number of carbonyl (C=O) groups excluding carboxylic acids is 1. The fourth-order valence-electron chi connectivity index (χ4n) is 2.71. The van der Waals surface area contributed by atoms with Crippen LogP contribution in [0, 0.1) is 16.7 Å². The molecule has 1 heterocycles. The fourth-order valence-corrected chi connectivity index (χ4v) is 2.71. The van der Waals surface area contributed by atoms with Gasteiger partial charge in [-0.3, -0.25) is 10.2 Å². The molecule has 0 radical (unpaired) electrons. The highest BCUT2D eigenvalue weighted by Crippen LogP contribution is 2.35. The van der Waals surface area contributed by atoms with Gasteiger partial charge in [0.1, 0.15) is 5.41 Å². The number of nitrogens with zero attached hydrogens (tertiary/aromatic N) is 3. The van der Waals surface area contributed by atoms with Gasteiger partial charge < -0.3 is 4.90 Å². The molecule has 0 unspecified atom stereocenters. The van der Waals surface area contributed by atoms with Gasteiger partial charge >= 0.3 is 0 Å². The Morgan fingerprint density at radius 1 is 1.17 bits per heavy atom. The number of hydrogen-bond acceptors (Lipinski definition) is 4. The predicted molar refractivity (Wildman–Crippen MR) is 68.3 cm³/mol. The zero-order valence-electron chi connectivity index (χ0n) is 11.1. The van der Waals surface area contributed by atoms with Crippen molar-refractivity contribution in [1.29, 1.82) is 5.26 Å². The lowest BCUT2D eigenvalue weighted by Gasteiger charge is -2.36. The molecule has 1 aliphatic carbocycles. The maximum atomic E-state index is 12.3. The van der Waals surface area contributed by atoms with Crippen LogP contribution in [-0.4, -0.2) is 49.0 Å². The molecule has 18 heavy (non-hydrogen) atoms. The van der Waals surface area contributed by atoms with Crippen molar-refractivity contribution in [2.24, 2.45) is 5.41 Å². The van der Waals surface area contributed by atoms with Crippen LogP contribution in [0.2, 0.25) is 0 Å². The van der Waals surface area contributed by atoms with E-state index >= 15 is 0 Å². The average molecular weight is 250 g/mol. The Kier molecular flexibility index (Phi) is 4.20. The summed E-state index contributed by atoms with van der Waals surface area (Å²) in [5, 5.41) is 11.3. The van der Waals surface area contributed by atoms with Crippen LogP contribution < -0.4 is 5.43 Å². The highest BCUT2D eigenvalue weighted by molar-refractivity contribution is 5.85. The van der Waals surface area contributed by atoms with Crippen molar-refractivity contribution >= 4 is 5.91 Å². The molecule has 5 heteroatoms. The predicted octanol–water partition coefficient (Wildman–Crippen LogP) is 0.739. The second-order valence-corrected chi connectivity index (χ2v) is 5.49. The molecule has 2 fully saturated rings. The number of carbonyl (C=O) groups is 1. The van der Waals surface area contributed by atoms with E-state index in [1.807, 2.05) is 5.01 Å². The topological polar surface area (TPSA) is 59.4 Å². The molecule has 0 aromatic rings. The number of hydrogen-bond donors (Lipinski definition) is 1. The minimum Gasteiger partial charge on any atom is -0.304 e. The molecule has 0 bridgehead atoms. The van der Waals surface area contributed by atoms with E-state index in [0.717, 1.165) is 45.4 Å². The zero-order valence-corrected chi connectivity index (χ0v) is 11.1. The van der Waals surface area contributed by atoms with Gasteiger partial charge in [-0.2, -0.15) is 5.26 Å². The summed E-state index contributed by atoms with van der Waals surface area (Å²) in [6.45, 7) is 3.59. The van der Waals surface area contributed by atoms with Crippen LogP contribution in [-0.2, 0) is 4.79 Å². The van der Waals surface area contributed by atoms with E-state index in [4.69, 9.17) is 0 Å². The van der Waals surface area contributed by atoms with Crippen LogP contribution in [0.3, 0.4) is 0 Å². The molecular formula is C13H22N4O. The SMILES string of the molecule is CN1CCN(NC(=O)C2(C#N)CCCCC2)CC1. The van der Waals surface area contributed by atoms with Crippen LogP contribution in [0.4, 0.5) is 0 Å². The van der Waals surface area contributed by atoms with Gasteiger partial charge in [0.25, 0.3) is 5.91 Å². The first-order chi connectivity index (χ1) is 8.66. The smallest absolute Gasteiger partial charge is 0.254 e. The number of nitriles is 1. The summed E-state index contributed by atoms with van der Waals surface area (Å²) in [5.74, 6) is -0.0887. The maximum absolute atomic E-state index is 12.3. The lowest BCUT2D eigenvalue weighted by Crippen LogP contribution is -2.56. The molecule has 2 aliphatic rings. The van der Waals surface area contributed by atoms with Crippen molar-refractivity contribution in [1.82, 2.24) is 15.3 Å². The molecule has 1 saturated carbocycles. The molecule has 1 N–H and O–H groups in total. The summed E-state index contributed by atoms with van der Waals surface area (Å²) in [4.78, 5) is 14.6. The second-order valence-electron chi connectivity index (χ2n) is 5.49. The third-order valence-electron chi connectivity index (χ3n) is 4.12. The Balaban J connectivity index is 1.92. The molecular weight excluding hydrogens is 228 g/mol. The molecule has 0 aromatic heterocycles. The highest BCUT2D eigenvalue weighted by atomic mass is 16.2. The van der Waals surface area contributed by atoms with Gasteiger partial charge in [0.05, 0.1) is 6.07 Å². The number of rotatable bonds is 2. The highest BCUT2D eigenvalue weighted by Gasteiger charge is 2.40. The van der Waals surface area contributed by atoms with Crippen molar-refractivity contribution in [3.05, 3.63) is 0 Å². The number of piperazine rings is 1. The Labute approximate surface area is 109 Å². The van der Waals surface area contributed by atoms with Gasteiger partial charge in [-0.25, -0.2) is 5.01 Å². The first-order valence-corrected chi connectivity index (χ1v) is 6.82. The van der Waals surface area contributed by atoms with E-state index < -0.39 is 5.41 Å². The summed E-state index contributed by atoms with van der Waals surface area (Å²) < 4.78 is 0. The van der Waals surface area contributed by atoms with E-state index in [0.29, 0.717) is 12.8 Å². The third-order valence-corrected chi connectivity index (χ3v) is 4.12. The lowest BCUT2D eigenvalue weighted by molar-refractivity contribution is -0.135. The molecule has 1 amide bonds.